The standard InChI is InChI=1S/C24H21F/c1-16-5-9-22(24(25)13-16)12-8-20-6-10-21(11-7-20)23-14-17(2)19(4)18(3)15-23/h5-7,9-11,13-15H,1-4H3. The van der Waals surface area contributed by atoms with Gasteiger partial charge in [0.15, 0.2) is 0 Å². The largest absolute Gasteiger partial charge is 0.206 e. The zero-order valence-electron chi connectivity index (χ0n) is 15.1. The summed E-state index contributed by atoms with van der Waals surface area (Å²) in [5.41, 5.74) is 8.52. The van der Waals surface area contributed by atoms with Crippen LogP contribution in [0.1, 0.15) is 33.4 Å². The highest BCUT2D eigenvalue weighted by atomic mass is 19.1. The highest BCUT2D eigenvalue weighted by Crippen LogP contribution is 2.25. The molecule has 0 aromatic heterocycles. The molecular formula is C24H21F. The predicted octanol–water partition coefficient (Wildman–Crippen LogP) is 6.13. The summed E-state index contributed by atoms with van der Waals surface area (Å²) in [7, 11) is 0. The van der Waals surface area contributed by atoms with Gasteiger partial charge in [0, 0.05) is 5.56 Å². The Morgan fingerprint density at radius 2 is 1.32 bits per heavy atom. The Morgan fingerprint density at radius 1 is 0.680 bits per heavy atom. The Hall–Kier alpha value is -2.85. The molecule has 124 valence electrons. The second-order valence-electron chi connectivity index (χ2n) is 6.55. The average molecular weight is 328 g/mol. The summed E-state index contributed by atoms with van der Waals surface area (Å²) < 4.78 is 13.8. The van der Waals surface area contributed by atoms with E-state index < -0.39 is 0 Å². The van der Waals surface area contributed by atoms with Gasteiger partial charge in [0.25, 0.3) is 0 Å². The van der Waals surface area contributed by atoms with Crippen LogP contribution in [0, 0.1) is 45.4 Å². The zero-order valence-corrected chi connectivity index (χ0v) is 15.1. The molecule has 0 atom stereocenters. The van der Waals surface area contributed by atoms with Gasteiger partial charge in [-0.15, -0.1) is 0 Å². The molecule has 0 N–H and O–H groups in total. The zero-order chi connectivity index (χ0) is 18.0. The van der Waals surface area contributed by atoms with E-state index in [0.29, 0.717) is 5.56 Å². The summed E-state index contributed by atoms with van der Waals surface area (Å²) in [4.78, 5) is 0. The van der Waals surface area contributed by atoms with Crippen LogP contribution in [0.2, 0.25) is 0 Å². The summed E-state index contributed by atoms with van der Waals surface area (Å²) >= 11 is 0. The maximum Gasteiger partial charge on any atom is 0.139 e. The van der Waals surface area contributed by atoms with Crippen molar-refractivity contribution in [3.05, 3.63) is 93.8 Å². The van der Waals surface area contributed by atoms with Crippen molar-refractivity contribution in [2.75, 3.05) is 0 Å². The summed E-state index contributed by atoms with van der Waals surface area (Å²) in [5, 5.41) is 0. The third-order valence-corrected chi connectivity index (χ3v) is 4.61. The molecular weight excluding hydrogens is 307 g/mol. The fourth-order valence-corrected chi connectivity index (χ4v) is 2.81. The van der Waals surface area contributed by atoms with Crippen molar-refractivity contribution < 1.29 is 4.39 Å². The smallest absolute Gasteiger partial charge is 0.139 e. The lowest BCUT2D eigenvalue weighted by atomic mass is 9.96. The minimum Gasteiger partial charge on any atom is -0.206 e. The lowest BCUT2D eigenvalue weighted by Crippen LogP contribution is -1.89. The highest BCUT2D eigenvalue weighted by Gasteiger charge is 2.03. The van der Waals surface area contributed by atoms with E-state index in [4.69, 9.17) is 0 Å². The second-order valence-corrected chi connectivity index (χ2v) is 6.55. The van der Waals surface area contributed by atoms with Crippen LogP contribution in [0.25, 0.3) is 11.1 Å². The van der Waals surface area contributed by atoms with E-state index in [1.54, 1.807) is 6.07 Å². The quantitative estimate of drug-likeness (QED) is 0.472. The van der Waals surface area contributed by atoms with Crippen molar-refractivity contribution in [3.63, 3.8) is 0 Å². The normalized spacial score (nSPS) is 10.3. The Bertz CT molecular complexity index is 960. The number of hydrogen-bond acceptors (Lipinski definition) is 0. The summed E-state index contributed by atoms with van der Waals surface area (Å²) in [6, 6.07) is 17.6. The van der Waals surface area contributed by atoms with Crippen molar-refractivity contribution >= 4 is 0 Å². The SMILES string of the molecule is Cc1ccc(C#Cc2ccc(-c3cc(C)c(C)c(C)c3)cc2)c(F)c1. The van der Waals surface area contributed by atoms with Crippen molar-refractivity contribution in [2.45, 2.75) is 27.7 Å². The molecule has 0 heterocycles. The molecule has 25 heavy (non-hydrogen) atoms. The first-order valence-electron chi connectivity index (χ1n) is 8.40. The first-order valence-corrected chi connectivity index (χ1v) is 8.40. The van der Waals surface area contributed by atoms with Crippen molar-refractivity contribution in [1.82, 2.24) is 0 Å². The molecule has 0 unspecified atom stereocenters. The lowest BCUT2D eigenvalue weighted by molar-refractivity contribution is 0.623. The van der Waals surface area contributed by atoms with Crippen LogP contribution in [-0.2, 0) is 0 Å². The topological polar surface area (TPSA) is 0 Å². The fourth-order valence-electron chi connectivity index (χ4n) is 2.81. The van der Waals surface area contributed by atoms with Crippen LogP contribution in [0.15, 0.2) is 54.6 Å². The molecule has 0 radical (unpaired) electrons. The van der Waals surface area contributed by atoms with Gasteiger partial charge in [-0.1, -0.05) is 42.2 Å². The second kappa shape index (κ2) is 6.95. The van der Waals surface area contributed by atoms with Crippen molar-refractivity contribution in [2.24, 2.45) is 0 Å². The molecule has 0 aliphatic rings. The Balaban J connectivity index is 1.87. The summed E-state index contributed by atoms with van der Waals surface area (Å²) in [6.45, 7) is 8.30. The van der Waals surface area contributed by atoms with Crippen LogP contribution in [0.3, 0.4) is 0 Å². The van der Waals surface area contributed by atoms with Gasteiger partial charge in [0.05, 0.1) is 5.56 Å². The van der Waals surface area contributed by atoms with Gasteiger partial charge in [0.1, 0.15) is 5.82 Å². The summed E-state index contributed by atoms with van der Waals surface area (Å²) in [6.07, 6.45) is 0. The van der Waals surface area contributed by atoms with E-state index in [9.17, 15) is 4.39 Å². The van der Waals surface area contributed by atoms with E-state index in [2.05, 4.69) is 56.9 Å². The maximum atomic E-state index is 13.8. The molecule has 0 amide bonds. The number of rotatable bonds is 1. The Morgan fingerprint density at radius 3 is 1.92 bits per heavy atom. The Labute approximate surface area is 149 Å². The molecule has 0 bridgehead atoms. The van der Waals surface area contributed by atoms with Crippen LogP contribution in [0.5, 0.6) is 0 Å². The van der Waals surface area contributed by atoms with Gasteiger partial charge in [-0.25, -0.2) is 4.39 Å². The molecule has 3 aromatic rings. The molecule has 0 spiro atoms. The summed E-state index contributed by atoms with van der Waals surface area (Å²) in [5.74, 6) is 5.69. The minimum atomic E-state index is -0.269. The van der Waals surface area contributed by atoms with Crippen LogP contribution >= 0.6 is 0 Å². The third kappa shape index (κ3) is 3.80. The average Bonchev–Trinajstić information content (AvgIpc) is 2.59. The first-order chi connectivity index (χ1) is 11.9. The molecule has 1 heteroatoms. The van der Waals surface area contributed by atoms with E-state index in [-0.39, 0.29) is 5.82 Å². The molecule has 0 nitrogen and oxygen atoms in total. The van der Waals surface area contributed by atoms with Gasteiger partial charge in [0.2, 0.25) is 0 Å². The van der Waals surface area contributed by atoms with Crippen molar-refractivity contribution in [3.8, 4) is 23.0 Å². The Kier molecular flexibility index (Phi) is 4.72. The molecule has 3 rings (SSSR count). The van der Waals surface area contributed by atoms with Crippen LogP contribution in [-0.4, -0.2) is 0 Å². The van der Waals surface area contributed by atoms with Crippen LogP contribution < -0.4 is 0 Å². The first kappa shape index (κ1) is 17.0. The maximum absolute atomic E-state index is 13.8. The highest BCUT2D eigenvalue weighted by molar-refractivity contribution is 5.67. The van der Waals surface area contributed by atoms with Gasteiger partial charge in [-0.05, 0) is 85.3 Å². The molecule has 0 saturated carbocycles. The molecule has 3 aromatic carbocycles. The van der Waals surface area contributed by atoms with E-state index in [1.165, 1.54) is 33.9 Å². The van der Waals surface area contributed by atoms with E-state index in [0.717, 1.165) is 11.1 Å². The molecule has 0 fully saturated rings. The van der Waals surface area contributed by atoms with Gasteiger partial charge in [-0.3, -0.25) is 0 Å². The fraction of sp³-hybridized carbons (Fsp3) is 0.167. The number of aryl methyl sites for hydroxylation is 3. The number of hydrogen-bond donors (Lipinski definition) is 0. The van der Waals surface area contributed by atoms with Crippen LogP contribution in [0.4, 0.5) is 4.39 Å². The molecule has 0 saturated heterocycles. The third-order valence-electron chi connectivity index (χ3n) is 4.61. The van der Waals surface area contributed by atoms with Gasteiger partial charge in [-0.2, -0.15) is 0 Å². The predicted molar refractivity (Wildman–Crippen MR) is 103 cm³/mol. The van der Waals surface area contributed by atoms with E-state index >= 15 is 0 Å². The number of halogens is 1. The van der Waals surface area contributed by atoms with Gasteiger partial charge < -0.3 is 0 Å². The van der Waals surface area contributed by atoms with E-state index in [1.807, 2.05) is 25.1 Å². The lowest BCUT2D eigenvalue weighted by Gasteiger charge is -2.09. The monoisotopic (exact) mass is 328 g/mol. The van der Waals surface area contributed by atoms with Gasteiger partial charge >= 0.3 is 0 Å². The molecule has 0 aliphatic heterocycles. The number of benzene rings is 3. The minimum absolute atomic E-state index is 0.269. The van der Waals surface area contributed by atoms with Crippen molar-refractivity contribution in [1.29, 1.82) is 0 Å². The molecule has 0 aliphatic carbocycles.